The molecule has 1 aliphatic rings. The summed E-state index contributed by atoms with van der Waals surface area (Å²) in [7, 11) is -3.59. The van der Waals surface area contributed by atoms with E-state index in [-0.39, 0.29) is 12.5 Å². The second-order valence-electron chi connectivity index (χ2n) is 7.33. The van der Waals surface area contributed by atoms with Crippen molar-refractivity contribution in [3.63, 3.8) is 0 Å². The molecule has 0 spiro atoms. The Labute approximate surface area is 167 Å². The number of benzene rings is 2. The maximum absolute atomic E-state index is 12.5. The van der Waals surface area contributed by atoms with Crippen LogP contribution in [0.15, 0.2) is 42.5 Å². The smallest absolute Gasteiger partial charge is 0.245 e. The van der Waals surface area contributed by atoms with Crippen LogP contribution in [0, 0.1) is 13.8 Å². The van der Waals surface area contributed by atoms with Crippen molar-refractivity contribution in [2.75, 3.05) is 40.4 Å². The molecule has 6 nitrogen and oxygen atoms in total. The molecule has 0 unspecified atom stereocenters. The molecule has 0 saturated carbocycles. The Balaban J connectivity index is 1.70. The number of hydrogen-bond donors (Lipinski definition) is 1. The topological polar surface area (TPSA) is 69.7 Å². The zero-order chi connectivity index (χ0) is 20.3. The van der Waals surface area contributed by atoms with E-state index in [0.29, 0.717) is 11.4 Å². The van der Waals surface area contributed by atoms with E-state index < -0.39 is 10.0 Å². The second kappa shape index (κ2) is 8.22. The number of sulfonamides is 1. The van der Waals surface area contributed by atoms with Crippen molar-refractivity contribution in [3.8, 4) is 0 Å². The molecule has 28 heavy (non-hydrogen) atoms. The zero-order valence-corrected chi connectivity index (χ0v) is 17.4. The van der Waals surface area contributed by atoms with Crippen LogP contribution in [0.25, 0.3) is 0 Å². The van der Waals surface area contributed by atoms with E-state index in [1.807, 2.05) is 44.2 Å². The van der Waals surface area contributed by atoms with Gasteiger partial charge in [0.05, 0.1) is 11.9 Å². The zero-order valence-electron chi connectivity index (χ0n) is 16.6. The second-order valence-corrected chi connectivity index (χ2v) is 9.23. The average Bonchev–Trinajstić information content (AvgIpc) is 3.16. The summed E-state index contributed by atoms with van der Waals surface area (Å²) in [4.78, 5) is 14.8. The SMILES string of the molecule is Cc1ccc(N(CC(=O)Nc2ccc(N3CCCC3)cc2)S(C)(=O)=O)cc1C. The van der Waals surface area contributed by atoms with E-state index in [4.69, 9.17) is 0 Å². The molecule has 2 aromatic carbocycles. The Kier molecular flexibility index (Phi) is 5.93. The molecule has 3 rings (SSSR count). The number of hydrogen-bond acceptors (Lipinski definition) is 4. The van der Waals surface area contributed by atoms with E-state index in [1.54, 1.807) is 12.1 Å². The van der Waals surface area contributed by atoms with Crippen LogP contribution in [0.1, 0.15) is 24.0 Å². The van der Waals surface area contributed by atoms with E-state index in [1.165, 1.54) is 12.8 Å². The third kappa shape index (κ3) is 4.84. The Bertz CT molecular complexity index is 949. The van der Waals surface area contributed by atoms with Gasteiger partial charge in [0.1, 0.15) is 6.54 Å². The number of nitrogens with one attached hydrogen (secondary N) is 1. The van der Waals surface area contributed by atoms with Crippen LogP contribution >= 0.6 is 0 Å². The molecule has 1 heterocycles. The van der Waals surface area contributed by atoms with Gasteiger partial charge >= 0.3 is 0 Å². The lowest BCUT2D eigenvalue weighted by Gasteiger charge is -2.23. The first kappa shape index (κ1) is 20.2. The van der Waals surface area contributed by atoms with Crippen LogP contribution in [-0.4, -0.2) is 40.2 Å². The number of rotatable bonds is 6. The fourth-order valence-electron chi connectivity index (χ4n) is 3.34. The summed E-state index contributed by atoms with van der Waals surface area (Å²) >= 11 is 0. The molecule has 1 amide bonds. The normalized spacial score (nSPS) is 14.2. The Morgan fingerprint density at radius 2 is 1.68 bits per heavy atom. The highest BCUT2D eigenvalue weighted by Crippen LogP contribution is 2.23. The van der Waals surface area contributed by atoms with Crippen LogP contribution in [0.4, 0.5) is 17.1 Å². The van der Waals surface area contributed by atoms with Gasteiger partial charge in [-0.15, -0.1) is 0 Å². The molecule has 1 aliphatic heterocycles. The van der Waals surface area contributed by atoms with Crippen molar-refractivity contribution in [3.05, 3.63) is 53.6 Å². The van der Waals surface area contributed by atoms with Gasteiger partial charge in [-0.05, 0) is 74.2 Å². The molecule has 2 aromatic rings. The summed E-state index contributed by atoms with van der Waals surface area (Å²) in [5, 5.41) is 2.79. The molecule has 1 fully saturated rings. The Morgan fingerprint density at radius 1 is 1.04 bits per heavy atom. The Morgan fingerprint density at radius 3 is 2.25 bits per heavy atom. The lowest BCUT2D eigenvalue weighted by Crippen LogP contribution is -2.37. The predicted molar refractivity (Wildman–Crippen MR) is 115 cm³/mol. The number of carbonyl (C=O) groups is 1. The molecule has 1 N–H and O–H groups in total. The van der Waals surface area contributed by atoms with Crippen molar-refractivity contribution in [1.29, 1.82) is 0 Å². The fraction of sp³-hybridized carbons (Fsp3) is 0.381. The van der Waals surface area contributed by atoms with E-state index in [0.717, 1.165) is 40.5 Å². The number of nitrogens with zero attached hydrogens (tertiary/aromatic N) is 2. The van der Waals surface area contributed by atoms with Crippen LogP contribution < -0.4 is 14.5 Å². The molecule has 0 aliphatic carbocycles. The number of aryl methyl sites for hydroxylation is 2. The quantitative estimate of drug-likeness (QED) is 0.806. The number of carbonyl (C=O) groups excluding carboxylic acids is 1. The predicted octanol–water partition coefficient (Wildman–Crippen LogP) is 3.31. The van der Waals surface area contributed by atoms with Gasteiger partial charge in [-0.1, -0.05) is 6.07 Å². The summed E-state index contributed by atoms with van der Waals surface area (Å²) < 4.78 is 25.6. The van der Waals surface area contributed by atoms with Crippen LogP contribution in [-0.2, 0) is 14.8 Å². The summed E-state index contributed by atoms with van der Waals surface area (Å²) in [5.41, 5.74) is 4.33. The monoisotopic (exact) mass is 401 g/mol. The largest absolute Gasteiger partial charge is 0.372 e. The highest BCUT2D eigenvalue weighted by atomic mass is 32.2. The molecule has 0 radical (unpaired) electrons. The molecule has 0 atom stereocenters. The minimum Gasteiger partial charge on any atom is -0.372 e. The third-order valence-corrected chi connectivity index (χ3v) is 6.23. The summed E-state index contributed by atoms with van der Waals surface area (Å²) in [6.45, 7) is 5.73. The first-order valence-corrected chi connectivity index (χ1v) is 11.3. The molecule has 7 heteroatoms. The summed E-state index contributed by atoms with van der Waals surface area (Å²) in [6.07, 6.45) is 3.52. The van der Waals surface area contributed by atoms with E-state index >= 15 is 0 Å². The van der Waals surface area contributed by atoms with Gasteiger partial charge in [0.25, 0.3) is 0 Å². The minimum absolute atomic E-state index is 0.269. The van der Waals surface area contributed by atoms with Gasteiger partial charge in [-0.2, -0.15) is 0 Å². The molecule has 0 aromatic heterocycles. The maximum Gasteiger partial charge on any atom is 0.245 e. The van der Waals surface area contributed by atoms with E-state index in [2.05, 4.69) is 10.2 Å². The fourth-order valence-corrected chi connectivity index (χ4v) is 4.19. The highest BCUT2D eigenvalue weighted by Gasteiger charge is 2.21. The summed E-state index contributed by atoms with van der Waals surface area (Å²) in [5.74, 6) is -0.377. The minimum atomic E-state index is -3.59. The van der Waals surface area contributed by atoms with Gasteiger partial charge in [0.2, 0.25) is 15.9 Å². The molecular weight excluding hydrogens is 374 g/mol. The lowest BCUT2D eigenvalue weighted by atomic mass is 10.1. The van der Waals surface area contributed by atoms with Gasteiger partial charge in [-0.25, -0.2) is 8.42 Å². The van der Waals surface area contributed by atoms with Crippen LogP contribution in [0.5, 0.6) is 0 Å². The third-order valence-electron chi connectivity index (χ3n) is 5.09. The van der Waals surface area contributed by atoms with Crippen LogP contribution in [0.2, 0.25) is 0 Å². The van der Waals surface area contributed by atoms with Gasteiger partial charge in [0.15, 0.2) is 0 Å². The van der Waals surface area contributed by atoms with Gasteiger partial charge in [-0.3, -0.25) is 9.10 Å². The van der Waals surface area contributed by atoms with Crippen molar-refractivity contribution >= 4 is 33.0 Å². The highest BCUT2D eigenvalue weighted by molar-refractivity contribution is 7.92. The van der Waals surface area contributed by atoms with Crippen molar-refractivity contribution in [2.24, 2.45) is 0 Å². The average molecular weight is 402 g/mol. The standard InChI is InChI=1S/C21H27N3O3S/c1-16-6-9-20(14-17(16)2)24(28(3,26)27)15-21(25)22-18-7-10-19(11-8-18)23-12-4-5-13-23/h6-11,14H,4-5,12-13,15H2,1-3H3,(H,22,25). The maximum atomic E-state index is 12.5. The number of amides is 1. The van der Waals surface area contributed by atoms with Crippen LogP contribution in [0.3, 0.4) is 0 Å². The molecular formula is C21H27N3O3S. The summed E-state index contributed by atoms with van der Waals surface area (Å²) in [6, 6.07) is 13.0. The first-order chi connectivity index (χ1) is 13.2. The molecule has 150 valence electrons. The van der Waals surface area contributed by atoms with E-state index in [9.17, 15) is 13.2 Å². The van der Waals surface area contributed by atoms with Gasteiger partial charge in [0, 0.05) is 24.5 Å². The van der Waals surface area contributed by atoms with Gasteiger partial charge < -0.3 is 10.2 Å². The van der Waals surface area contributed by atoms with Crippen molar-refractivity contribution in [1.82, 2.24) is 0 Å². The Hall–Kier alpha value is -2.54. The molecule has 0 bridgehead atoms. The van der Waals surface area contributed by atoms with Crippen molar-refractivity contribution in [2.45, 2.75) is 26.7 Å². The first-order valence-electron chi connectivity index (χ1n) is 9.44. The molecule has 1 saturated heterocycles. The van der Waals surface area contributed by atoms with Crippen molar-refractivity contribution < 1.29 is 13.2 Å². The number of anilines is 3. The lowest BCUT2D eigenvalue weighted by molar-refractivity contribution is -0.114.